The van der Waals surface area contributed by atoms with E-state index in [-0.39, 0.29) is 11.8 Å². The number of hydrogen-bond donors (Lipinski definition) is 3. The quantitative estimate of drug-likeness (QED) is 0.416. The zero-order valence-electron chi connectivity index (χ0n) is 16.6. The third-order valence-corrected chi connectivity index (χ3v) is 6.44. The maximum absolute atomic E-state index is 12.8. The molecule has 9 heteroatoms. The first kappa shape index (κ1) is 20.0. The number of thioether (sulfide) groups is 1. The Labute approximate surface area is 177 Å². The van der Waals surface area contributed by atoms with Crippen LogP contribution in [0.5, 0.6) is 0 Å². The Morgan fingerprint density at radius 3 is 2.63 bits per heavy atom. The Hall–Kier alpha value is -3.33. The molecule has 0 bridgehead atoms. The monoisotopic (exact) mass is 423 g/mol. The molecule has 0 aliphatic carbocycles. The minimum Gasteiger partial charge on any atom is -0.345 e. The summed E-state index contributed by atoms with van der Waals surface area (Å²) in [5.41, 5.74) is 1.38. The van der Waals surface area contributed by atoms with E-state index in [2.05, 4.69) is 20.9 Å². The number of rotatable bonds is 6. The van der Waals surface area contributed by atoms with Gasteiger partial charge in [0, 0.05) is 17.7 Å². The predicted octanol–water partition coefficient (Wildman–Crippen LogP) is 2.19. The van der Waals surface area contributed by atoms with Crippen molar-refractivity contribution in [3.63, 3.8) is 0 Å². The Morgan fingerprint density at radius 1 is 1.17 bits per heavy atom. The highest BCUT2D eigenvalue weighted by atomic mass is 32.2. The Balaban J connectivity index is 1.46. The predicted molar refractivity (Wildman–Crippen MR) is 114 cm³/mol. The molecule has 3 aromatic rings. The summed E-state index contributed by atoms with van der Waals surface area (Å²) in [4.78, 5) is 41.6. The molecule has 1 fully saturated rings. The first-order chi connectivity index (χ1) is 14.4. The van der Waals surface area contributed by atoms with Crippen LogP contribution in [0.15, 0.2) is 53.4 Å². The van der Waals surface area contributed by atoms with E-state index in [0.717, 1.165) is 21.8 Å². The van der Waals surface area contributed by atoms with Crippen molar-refractivity contribution in [2.75, 3.05) is 5.75 Å². The van der Waals surface area contributed by atoms with Crippen molar-refractivity contribution in [3.05, 3.63) is 59.9 Å². The summed E-state index contributed by atoms with van der Waals surface area (Å²) < 4.78 is 1.96. The highest BCUT2D eigenvalue weighted by molar-refractivity contribution is 7.99. The number of hydrogen-bond acceptors (Lipinski definition) is 5. The van der Waals surface area contributed by atoms with Crippen molar-refractivity contribution in [1.29, 1.82) is 0 Å². The Kier molecular flexibility index (Phi) is 5.21. The molecule has 8 nitrogen and oxygen atoms in total. The van der Waals surface area contributed by atoms with Gasteiger partial charge in [-0.05, 0) is 31.2 Å². The number of fused-ring (bicyclic) bond motifs is 1. The van der Waals surface area contributed by atoms with Crippen molar-refractivity contribution in [2.45, 2.75) is 23.9 Å². The van der Waals surface area contributed by atoms with Gasteiger partial charge in [0.15, 0.2) is 0 Å². The zero-order valence-corrected chi connectivity index (χ0v) is 17.4. The molecule has 154 valence electrons. The fourth-order valence-electron chi connectivity index (χ4n) is 3.29. The van der Waals surface area contributed by atoms with Crippen molar-refractivity contribution >= 4 is 40.6 Å². The normalized spacial score (nSPS) is 18.3. The number of imidazole rings is 1. The molecule has 1 saturated heterocycles. The SMILES string of the molecule is Cn1c(CNC(=O)c2ccccc2SCC2(C)NC(=O)NC2=O)nc2ccccc21. The van der Waals surface area contributed by atoms with Gasteiger partial charge in [-0.15, -0.1) is 11.8 Å². The first-order valence-corrected chi connectivity index (χ1v) is 10.4. The van der Waals surface area contributed by atoms with E-state index in [0.29, 0.717) is 17.9 Å². The second-order valence-electron chi connectivity index (χ2n) is 7.28. The molecule has 3 N–H and O–H groups in total. The number of nitrogens with zero attached hydrogens (tertiary/aromatic N) is 2. The largest absolute Gasteiger partial charge is 0.345 e. The van der Waals surface area contributed by atoms with Gasteiger partial charge < -0.3 is 15.2 Å². The molecule has 1 aliphatic heterocycles. The van der Waals surface area contributed by atoms with Gasteiger partial charge in [-0.1, -0.05) is 24.3 Å². The van der Waals surface area contributed by atoms with Crippen LogP contribution in [0.4, 0.5) is 4.79 Å². The van der Waals surface area contributed by atoms with Gasteiger partial charge in [0.25, 0.3) is 11.8 Å². The number of carbonyl (C=O) groups excluding carboxylic acids is 3. The molecule has 2 heterocycles. The van der Waals surface area contributed by atoms with Crippen LogP contribution in [0, 0.1) is 0 Å². The highest BCUT2D eigenvalue weighted by Crippen LogP contribution is 2.27. The summed E-state index contributed by atoms with van der Waals surface area (Å²) in [5, 5.41) is 7.80. The number of carbonyl (C=O) groups is 3. The van der Waals surface area contributed by atoms with Crippen LogP contribution in [0.3, 0.4) is 0 Å². The molecule has 4 rings (SSSR count). The van der Waals surface area contributed by atoms with E-state index in [9.17, 15) is 14.4 Å². The van der Waals surface area contributed by atoms with Crippen LogP contribution in [-0.2, 0) is 18.4 Å². The summed E-state index contributed by atoms with van der Waals surface area (Å²) in [6.45, 7) is 1.95. The zero-order chi connectivity index (χ0) is 21.3. The molecule has 1 unspecified atom stereocenters. The second kappa shape index (κ2) is 7.83. The fourth-order valence-corrected chi connectivity index (χ4v) is 4.43. The van der Waals surface area contributed by atoms with E-state index in [1.807, 2.05) is 48.0 Å². The van der Waals surface area contributed by atoms with Gasteiger partial charge in [0.1, 0.15) is 11.4 Å². The number of imide groups is 1. The smallest absolute Gasteiger partial charge is 0.322 e. The maximum Gasteiger partial charge on any atom is 0.322 e. The summed E-state index contributed by atoms with van der Waals surface area (Å²) >= 11 is 1.35. The molecule has 1 atom stereocenters. The number of benzene rings is 2. The molecule has 2 aromatic carbocycles. The Bertz CT molecular complexity index is 1160. The molecule has 30 heavy (non-hydrogen) atoms. The summed E-state index contributed by atoms with van der Waals surface area (Å²) in [7, 11) is 1.92. The lowest BCUT2D eigenvalue weighted by Crippen LogP contribution is -2.46. The average Bonchev–Trinajstić information content (AvgIpc) is 3.20. The summed E-state index contributed by atoms with van der Waals surface area (Å²) in [5.74, 6) is 0.464. The van der Waals surface area contributed by atoms with Crippen molar-refractivity contribution in [1.82, 2.24) is 25.5 Å². The minimum atomic E-state index is -1.02. The topological polar surface area (TPSA) is 105 Å². The molecule has 0 spiro atoms. The van der Waals surface area contributed by atoms with Crippen LogP contribution in [0.25, 0.3) is 11.0 Å². The number of amides is 4. The van der Waals surface area contributed by atoms with Crippen molar-refractivity contribution in [3.8, 4) is 0 Å². The Morgan fingerprint density at radius 2 is 1.90 bits per heavy atom. The lowest BCUT2D eigenvalue weighted by atomic mass is 10.1. The van der Waals surface area contributed by atoms with E-state index in [4.69, 9.17) is 0 Å². The molecule has 0 saturated carbocycles. The third kappa shape index (κ3) is 3.76. The van der Waals surface area contributed by atoms with E-state index in [1.165, 1.54) is 11.8 Å². The molecular weight excluding hydrogens is 402 g/mol. The summed E-state index contributed by atoms with van der Waals surface area (Å²) in [6, 6.07) is 14.5. The molecular formula is C21H21N5O3S. The van der Waals surface area contributed by atoms with Gasteiger partial charge in [0.2, 0.25) is 0 Å². The third-order valence-electron chi connectivity index (χ3n) is 5.05. The lowest BCUT2D eigenvalue weighted by molar-refractivity contribution is -0.122. The van der Waals surface area contributed by atoms with Gasteiger partial charge in [-0.2, -0.15) is 0 Å². The first-order valence-electron chi connectivity index (χ1n) is 9.41. The number of urea groups is 1. The second-order valence-corrected chi connectivity index (χ2v) is 8.30. The number of para-hydroxylation sites is 2. The van der Waals surface area contributed by atoms with Crippen molar-refractivity contribution < 1.29 is 14.4 Å². The van der Waals surface area contributed by atoms with Gasteiger partial charge in [-0.3, -0.25) is 14.9 Å². The van der Waals surface area contributed by atoms with Crippen LogP contribution < -0.4 is 16.0 Å². The molecule has 4 amide bonds. The van der Waals surface area contributed by atoms with E-state index < -0.39 is 11.6 Å². The van der Waals surface area contributed by atoms with Crippen molar-refractivity contribution in [2.24, 2.45) is 7.05 Å². The van der Waals surface area contributed by atoms with E-state index in [1.54, 1.807) is 19.1 Å². The molecule has 1 aromatic heterocycles. The van der Waals surface area contributed by atoms with Gasteiger partial charge in [-0.25, -0.2) is 9.78 Å². The van der Waals surface area contributed by atoms with Crippen LogP contribution in [0.1, 0.15) is 23.1 Å². The minimum absolute atomic E-state index is 0.227. The van der Waals surface area contributed by atoms with Crippen LogP contribution in [-0.4, -0.2) is 38.7 Å². The van der Waals surface area contributed by atoms with Crippen LogP contribution in [0.2, 0.25) is 0 Å². The molecule has 1 aliphatic rings. The number of aryl methyl sites for hydroxylation is 1. The average molecular weight is 423 g/mol. The summed E-state index contributed by atoms with van der Waals surface area (Å²) in [6.07, 6.45) is 0. The van der Waals surface area contributed by atoms with Gasteiger partial charge in [0.05, 0.1) is 23.1 Å². The van der Waals surface area contributed by atoms with Crippen LogP contribution >= 0.6 is 11.8 Å². The highest BCUT2D eigenvalue weighted by Gasteiger charge is 2.41. The molecule has 0 radical (unpaired) electrons. The standard InChI is InChI=1S/C21H21N5O3S/c1-21(19(28)24-20(29)25-21)12-30-16-10-6-3-7-13(16)18(27)22-11-17-23-14-8-4-5-9-15(14)26(17)2/h3-10H,11-12H2,1-2H3,(H,22,27)(H2,24,25,28,29). The van der Waals surface area contributed by atoms with Gasteiger partial charge >= 0.3 is 6.03 Å². The lowest BCUT2D eigenvalue weighted by Gasteiger charge is -2.20. The van der Waals surface area contributed by atoms with E-state index >= 15 is 0 Å². The number of nitrogens with one attached hydrogen (secondary N) is 3. The number of aromatic nitrogens is 2. The maximum atomic E-state index is 12.8. The fraction of sp³-hybridized carbons (Fsp3) is 0.238.